The zero-order valence-electron chi connectivity index (χ0n) is 16.7. The minimum absolute atomic E-state index is 0.000724. The number of hydrogen-bond donors (Lipinski definition) is 3. The molecule has 1 aromatic carbocycles. The zero-order chi connectivity index (χ0) is 21.8. The van der Waals surface area contributed by atoms with Crippen LogP contribution in [-0.4, -0.2) is 66.3 Å². The monoisotopic (exact) mass is 425 g/mol. The Kier molecular flexibility index (Phi) is 7.42. The van der Waals surface area contributed by atoms with Gasteiger partial charge in [0.2, 0.25) is 5.91 Å². The number of thioether (sulfide) groups is 1. The first-order valence-electron chi connectivity index (χ1n) is 8.89. The molecule has 1 heterocycles. The van der Waals surface area contributed by atoms with Gasteiger partial charge in [0.25, 0.3) is 0 Å². The summed E-state index contributed by atoms with van der Waals surface area (Å²) in [4.78, 5) is 35.9. The number of amides is 1. The average molecular weight is 425 g/mol. The van der Waals surface area contributed by atoms with E-state index in [1.54, 1.807) is 26.2 Å². The van der Waals surface area contributed by atoms with E-state index in [0.717, 1.165) is 0 Å². The van der Waals surface area contributed by atoms with Crippen molar-refractivity contribution in [1.82, 2.24) is 5.32 Å². The van der Waals surface area contributed by atoms with Crippen molar-refractivity contribution < 1.29 is 38.6 Å². The second-order valence-corrected chi connectivity index (χ2v) is 7.85. The fourth-order valence-electron chi connectivity index (χ4n) is 2.98. The molecule has 0 saturated heterocycles. The van der Waals surface area contributed by atoms with E-state index in [0.29, 0.717) is 5.56 Å². The Balaban J connectivity index is 2.45. The number of rotatable bonds is 8. The summed E-state index contributed by atoms with van der Waals surface area (Å²) >= 11 is 1.29. The lowest BCUT2D eigenvalue weighted by Crippen LogP contribution is -2.68. The molecule has 29 heavy (non-hydrogen) atoms. The summed E-state index contributed by atoms with van der Waals surface area (Å²) < 4.78 is 15.9. The van der Waals surface area contributed by atoms with E-state index in [9.17, 15) is 24.5 Å². The quantitative estimate of drug-likeness (QED) is 0.408. The molecular formula is C18H24BNO8S. The highest BCUT2D eigenvalue weighted by Gasteiger charge is 2.53. The Hall–Kier alpha value is -2.40. The molecule has 158 valence electrons. The molecule has 1 amide bonds. The van der Waals surface area contributed by atoms with E-state index in [-0.39, 0.29) is 41.8 Å². The first-order chi connectivity index (χ1) is 13.6. The summed E-state index contributed by atoms with van der Waals surface area (Å²) in [5, 5.41) is 23.0. The number of carboxylic acids is 1. The van der Waals surface area contributed by atoms with Gasteiger partial charge in [0.05, 0.1) is 18.8 Å². The van der Waals surface area contributed by atoms with Crippen LogP contribution >= 0.6 is 11.8 Å². The minimum Gasteiger partial charge on any atom is -0.534 e. The van der Waals surface area contributed by atoms with Gasteiger partial charge in [-0.1, -0.05) is 19.9 Å². The Labute approximate surface area is 173 Å². The molecule has 0 aliphatic carbocycles. The van der Waals surface area contributed by atoms with Gasteiger partial charge in [0.15, 0.2) is 0 Å². The van der Waals surface area contributed by atoms with Crippen molar-refractivity contribution in [3.05, 3.63) is 23.3 Å². The number of carboxylic acid groups (broad SMARTS) is 1. The Morgan fingerprint density at radius 1 is 1.38 bits per heavy atom. The molecule has 11 heteroatoms. The number of carbonyl (C=O) groups is 3. The van der Waals surface area contributed by atoms with Crippen molar-refractivity contribution >= 4 is 36.7 Å². The van der Waals surface area contributed by atoms with E-state index in [1.807, 2.05) is 0 Å². The fraction of sp³-hybridized carbons (Fsp3) is 0.500. The van der Waals surface area contributed by atoms with E-state index < -0.39 is 30.4 Å². The van der Waals surface area contributed by atoms with Crippen molar-refractivity contribution in [2.45, 2.75) is 25.7 Å². The molecule has 3 N–H and O–H groups in total. The number of carbonyl (C=O) groups excluding carboxylic acids is 2. The summed E-state index contributed by atoms with van der Waals surface area (Å²) in [5.41, 5.74) is -1.26. The topological polar surface area (TPSA) is 131 Å². The molecule has 1 aliphatic heterocycles. The van der Waals surface area contributed by atoms with Gasteiger partial charge < -0.3 is 29.6 Å². The molecule has 1 aliphatic rings. The standard InChI is InChI=1S/C18H24BNO8S/c1-10(2)17(24)27-9-18(20-13(21)8-29-4)7-11-5-6-12(26-3)14(16(22)23)15(11)28-19(18)25/h5-6,10,25H,7-9H2,1-4H3,(H,20,21)(H,22,23)/t18-/m1/s1. The van der Waals surface area contributed by atoms with Crippen molar-refractivity contribution in [1.29, 1.82) is 0 Å². The van der Waals surface area contributed by atoms with Crippen LogP contribution in [0.4, 0.5) is 0 Å². The normalized spacial score (nSPS) is 17.9. The maximum Gasteiger partial charge on any atom is 0.554 e. The van der Waals surface area contributed by atoms with E-state index >= 15 is 0 Å². The number of esters is 1. The number of methoxy groups -OCH3 is 1. The smallest absolute Gasteiger partial charge is 0.534 e. The van der Waals surface area contributed by atoms with Gasteiger partial charge in [0, 0.05) is 6.42 Å². The third kappa shape index (κ3) is 4.97. The third-order valence-corrected chi connectivity index (χ3v) is 5.00. The molecule has 0 saturated carbocycles. The number of benzene rings is 1. The molecule has 0 unspecified atom stereocenters. The fourth-order valence-corrected chi connectivity index (χ4v) is 3.32. The van der Waals surface area contributed by atoms with Gasteiger partial charge in [-0.2, -0.15) is 11.8 Å². The van der Waals surface area contributed by atoms with Gasteiger partial charge in [-0.3, -0.25) is 9.59 Å². The maximum absolute atomic E-state index is 12.3. The first kappa shape index (κ1) is 22.9. The highest BCUT2D eigenvalue weighted by Crippen LogP contribution is 2.39. The van der Waals surface area contributed by atoms with Gasteiger partial charge in [0.1, 0.15) is 29.1 Å². The summed E-state index contributed by atoms with van der Waals surface area (Å²) in [7, 11) is -0.322. The van der Waals surface area contributed by atoms with Gasteiger partial charge >= 0.3 is 19.1 Å². The SMILES string of the molecule is COc1ccc2c(c1C(=O)O)OB(O)[C@@](COC(=O)C(C)C)(NC(=O)CSC)C2. The Morgan fingerprint density at radius 2 is 2.07 bits per heavy atom. The van der Waals surface area contributed by atoms with Crippen LogP contribution in [0.2, 0.25) is 0 Å². The second-order valence-electron chi connectivity index (χ2n) is 6.98. The van der Waals surface area contributed by atoms with Crippen LogP contribution in [0, 0.1) is 5.92 Å². The lowest BCUT2D eigenvalue weighted by atomic mass is 9.59. The number of fused-ring (bicyclic) bond motifs is 1. The summed E-state index contributed by atoms with van der Waals surface area (Å²) in [5.74, 6) is -2.40. The van der Waals surface area contributed by atoms with Crippen molar-refractivity contribution in [3.63, 3.8) is 0 Å². The Morgan fingerprint density at radius 3 is 2.62 bits per heavy atom. The number of aromatic carboxylic acids is 1. The highest BCUT2D eigenvalue weighted by atomic mass is 32.2. The predicted octanol–water partition coefficient (Wildman–Crippen LogP) is 0.765. The van der Waals surface area contributed by atoms with E-state index in [1.165, 1.54) is 24.9 Å². The largest absolute Gasteiger partial charge is 0.554 e. The second kappa shape index (κ2) is 9.40. The van der Waals surface area contributed by atoms with Gasteiger partial charge in [-0.05, 0) is 17.9 Å². The van der Waals surface area contributed by atoms with Crippen LogP contribution in [0.5, 0.6) is 11.5 Å². The zero-order valence-corrected chi connectivity index (χ0v) is 17.5. The minimum atomic E-state index is -1.65. The first-order valence-corrected chi connectivity index (χ1v) is 10.3. The molecular weight excluding hydrogens is 401 g/mol. The van der Waals surface area contributed by atoms with Crippen LogP contribution in [0.3, 0.4) is 0 Å². The molecule has 9 nitrogen and oxygen atoms in total. The van der Waals surface area contributed by atoms with E-state index in [4.69, 9.17) is 14.1 Å². The molecule has 1 atom stereocenters. The number of nitrogens with one attached hydrogen (secondary N) is 1. The molecule has 0 bridgehead atoms. The van der Waals surface area contributed by atoms with Gasteiger partial charge in [-0.25, -0.2) is 4.79 Å². The lowest BCUT2D eigenvalue weighted by molar-refractivity contribution is -0.149. The van der Waals surface area contributed by atoms with E-state index in [2.05, 4.69) is 5.32 Å². The molecule has 2 rings (SSSR count). The summed E-state index contributed by atoms with van der Waals surface area (Å²) in [6.45, 7) is 2.99. The number of ether oxygens (including phenoxy) is 2. The molecule has 0 spiro atoms. The van der Waals surface area contributed by atoms with Crippen LogP contribution < -0.4 is 14.7 Å². The molecule has 0 fully saturated rings. The average Bonchev–Trinajstić information content (AvgIpc) is 2.65. The van der Waals surface area contributed by atoms with Crippen LogP contribution in [0.25, 0.3) is 0 Å². The van der Waals surface area contributed by atoms with Gasteiger partial charge in [-0.15, -0.1) is 0 Å². The highest BCUT2D eigenvalue weighted by molar-refractivity contribution is 7.99. The summed E-state index contributed by atoms with van der Waals surface area (Å²) in [6, 6.07) is 3.06. The van der Waals surface area contributed by atoms with Crippen LogP contribution in [-0.2, 0) is 20.7 Å². The van der Waals surface area contributed by atoms with Crippen LogP contribution in [0.15, 0.2) is 12.1 Å². The predicted molar refractivity (Wildman–Crippen MR) is 107 cm³/mol. The van der Waals surface area contributed by atoms with Crippen molar-refractivity contribution in [2.24, 2.45) is 5.92 Å². The Bertz CT molecular complexity index is 802. The van der Waals surface area contributed by atoms with Crippen molar-refractivity contribution in [3.8, 4) is 11.5 Å². The summed E-state index contributed by atoms with van der Waals surface area (Å²) in [6.07, 6.45) is 1.75. The molecule has 0 aromatic heterocycles. The number of hydrogen-bond acceptors (Lipinski definition) is 8. The molecule has 0 radical (unpaired) electrons. The van der Waals surface area contributed by atoms with Crippen LogP contribution in [0.1, 0.15) is 29.8 Å². The third-order valence-electron chi connectivity index (χ3n) is 4.45. The lowest BCUT2D eigenvalue weighted by Gasteiger charge is -2.39. The maximum atomic E-state index is 12.3. The van der Waals surface area contributed by atoms with Crippen molar-refractivity contribution in [2.75, 3.05) is 25.7 Å². The molecule has 1 aromatic rings.